The maximum Gasteiger partial charge on any atom is 0.0653 e. The Bertz CT molecular complexity index is 871. The van der Waals surface area contributed by atoms with Crippen molar-refractivity contribution in [3.8, 4) is 0 Å². The summed E-state index contributed by atoms with van der Waals surface area (Å²) >= 11 is 0. The van der Waals surface area contributed by atoms with E-state index in [1.54, 1.807) is 0 Å². The third-order valence-electron chi connectivity index (χ3n) is 4.16. The van der Waals surface area contributed by atoms with Crippen molar-refractivity contribution in [1.82, 2.24) is 4.98 Å². The Balaban J connectivity index is 1.90. The number of aryl methyl sites for hydroxylation is 1. The molecule has 104 valence electrons. The van der Waals surface area contributed by atoms with Gasteiger partial charge in [-0.3, -0.25) is 0 Å². The van der Waals surface area contributed by atoms with E-state index in [9.17, 15) is 0 Å². The number of rotatable bonds is 1. The largest absolute Gasteiger partial charge is 0.397 e. The van der Waals surface area contributed by atoms with Crippen LogP contribution in [0.4, 0.5) is 11.4 Å². The number of benzene rings is 2. The molecule has 0 atom stereocenters. The lowest BCUT2D eigenvalue weighted by Gasteiger charge is -2.02. The Morgan fingerprint density at radius 3 is 2.86 bits per heavy atom. The van der Waals surface area contributed by atoms with Crippen molar-refractivity contribution < 1.29 is 0 Å². The summed E-state index contributed by atoms with van der Waals surface area (Å²) in [5.41, 5.74) is 14.0. The molecule has 0 amide bonds. The zero-order valence-corrected chi connectivity index (χ0v) is 11.9. The van der Waals surface area contributed by atoms with Gasteiger partial charge in [0.1, 0.15) is 0 Å². The highest BCUT2D eigenvalue weighted by Gasteiger charge is 2.18. The molecule has 0 unspecified atom stereocenters. The van der Waals surface area contributed by atoms with Gasteiger partial charge < -0.3 is 16.0 Å². The van der Waals surface area contributed by atoms with E-state index in [2.05, 4.69) is 53.6 Å². The van der Waals surface area contributed by atoms with Crippen LogP contribution in [-0.2, 0) is 0 Å². The van der Waals surface area contributed by atoms with Gasteiger partial charge in [0.15, 0.2) is 0 Å². The second-order valence-electron chi connectivity index (χ2n) is 5.50. The molecule has 1 aromatic heterocycles. The van der Waals surface area contributed by atoms with E-state index >= 15 is 0 Å². The predicted octanol–water partition coefficient (Wildman–Crippen LogP) is 4.02. The molecule has 2 aromatic carbocycles. The molecule has 0 saturated heterocycles. The first-order chi connectivity index (χ1) is 10.2. The lowest BCUT2D eigenvalue weighted by atomic mass is 10.0. The number of hydrogen-bond acceptors (Lipinski definition) is 2. The standard InChI is InChI=1S/C18H17N3/c1-11-15(14-5-2-3-8-17(14)21-11)9-12-10-20-18-13(12)6-4-7-16(18)19/h2-9,20-21H,10,19H2,1H3. The monoisotopic (exact) mass is 275 g/mol. The number of para-hydroxylation sites is 2. The van der Waals surface area contributed by atoms with Gasteiger partial charge in [-0.05, 0) is 30.7 Å². The van der Waals surface area contributed by atoms with Gasteiger partial charge in [-0.2, -0.15) is 0 Å². The number of anilines is 2. The van der Waals surface area contributed by atoms with Crippen LogP contribution in [0.2, 0.25) is 0 Å². The third-order valence-corrected chi connectivity index (χ3v) is 4.16. The molecular formula is C18H17N3. The van der Waals surface area contributed by atoms with E-state index in [4.69, 9.17) is 5.73 Å². The number of hydrogen-bond donors (Lipinski definition) is 3. The SMILES string of the molecule is Cc1[nH]c2ccccc2c1C=C1CNc2c(N)cccc21. The summed E-state index contributed by atoms with van der Waals surface area (Å²) in [6.45, 7) is 2.94. The number of nitrogens with one attached hydrogen (secondary N) is 2. The van der Waals surface area contributed by atoms with Gasteiger partial charge in [-0.1, -0.05) is 30.3 Å². The van der Waals surface area contributed by atoms with Crippen molar-refractivity contribution in [3.63, 3.8) is 0 Å². The van der Waals surface area contributed by atoms with Crippen molar-refractivity contribution in [2.45, 2.75) is 6.92 Å². The number of H-pyrrole nitrogens is 1. The molecule has 0 spiro atoms. The normalized spacial score (nSPS) is 15.4. The van der Waals surface area contributed by atoms with Gasteiger partial charge in [-0.25, -0.2) is 0 Å². The van der Waals surface area contributed by atoms with E-state index in [0.29, 0.717) is 0 Å². The summed E-state index contributed by atoms with van der Waals surface area (Å²) in [4.78, 5) is 3.45. The maximum atomic E-state index is 6.03. The van der Waals surface area contributed by atoms with Gasteiger partial charge in [0.05, 0.1) is 11.4 Å². The predicted molar refractivity (Wildman–Crippen MR) is 90.3 cm³/mol. The Morgan fingerprint density at radius 1 is 1.10 bits per heavy atom. The highest BCUT2D eigenvalue weighted by molar-refractivity contribution is 6.01. The van der Waals surface area contributed by atoms with Gasteiger partial charge in [0, 0.05) is 34.3 Å². The lowest BCUT2D eigenvalue weighted by Crippen LogP contribution is -1.95. The minimum Gasteiger partial charge on any atom is -0.397 e. The second-order valence-corrected chi connectivity index (χ2v) is 5.50. The first-order valence-electron chi connectivity index (χ1n) is 7.14. The van der Waals surface area contributed by atoms with Crippen LogP contribution in [0, 0.1) is 6.92 Å². The molecule has 3 aromatic rings. The fourth-order valence-electron chi connectivity index (χ4n) is 3.10. The van der Waals surface area contributed by atoms with E-state index < -0.39 is 0 Å². The molecule has 0 bridgehead atoms. The number of fused-ring (bicyclic) bond motifs is 2. The maximum absolute atomic E-state index is 6.03. The zero-order valence-electron chi connectivity index (χ0n) is 11.9. The summed E-state index contributed by atoms with van der Waals surface area (Å²) in [7, 11) is 0. The fourth-order valence-corrected chi connectivity index (χ4v) is 3.10. The van der Waals surface area contributed by atoms with Crippen LogP contribution >= 0.6 is 0 Å². The summed E-state index contributed by atoms with van der Waals surface area (Å²) < 4.78 is 0. The van der Waals surface area contributed by atoms with Crippen LogP contribution in [-0.4, -0.2) is 11.5 Å². The number of nitrogen functional groups attached to an aromatic ring is 1. The summed E-state index contributed by atoms with van der Waals surface area (Å²) in [5, 5.41) is 4.66. The molecular weight excluding hydrogens is 258 g/mol. The highest BCUT2D eigenvalue weighted by atomic mass is 14.9. The molecule has 0 fully saturated rings. The second kappa shape index (κ2) is 4.42. The third kappa shape index (κ3) is 1.82. The van der Waals surface area contributed by atoms with Crippen LogP contribution in [0.15, 0.2) is 42.5 Å². The summed E-state index contributed by atoms with van der Waals surface area (Å²) in [6.07, 6.45) is 2.27. The molecule has 2 heterocycles. The summed E-state index contributed by atoms with van der Waals surface area (Å²) in [5.74, 6) is 0. The minimum absolute atomic E-state index is 0.812. The molecule has 1 aliphatic heterocycles. The summed E-state index contributed by atoms with van der Waals surface area (Å²) in [6, 6.07) is 14.5. The number of nitrogens with two attached hydrogens (primary N) is 1. The van der Waals surface area contributed by atoms with Gasteiger partial charge >= 0.3 is 0 Å². The van der Waals surface area contributed by atoms with Crippen molar-refractivity contribution in [1.29, 1.82) is 0 Å². The molecule has 1 aliphatic rings. The molecule has 0 aliphatic carbocycles. The van der Waals surface area contributed by atoms with Gasteiger partial charge in [0.2, 0.25) is 0 Å². The molecule has 0 saturated carbocycles. The zero-order chi connectivity index (χ0) is 14.4. The van der Waals surface area contributed by atoms with Crippen LogP contribution in [0.5, 0.6) is 0 Å². The average molecular weight is 275 g/mol. The van der Waals surface area contributed by atoms with Crippen LogP contribution < -0.4 is 11.1 Å². The fraction of sp³-hybridized carbons (Fsp3) is 0.111. The van der Waals surface area contributed by atoms with Gasteiger partial charge in [0.25, 0.3) is 0 Å². The van der Waals surface area contributed by atoms with Crippen LogP contribution in [0.1, 0.15) is 16.8 Å². The smallest absolute Gasteiger partial charge is 0.0653 e. The molecule has 0 radical (unpaired) electrons. The molecule has 21 heavy (non-hydrogen) atoms. The van der Waals surface area contributed by atoms with Crippen LogP contribution in [0.25, 0.3) is 22.6 Å². The van der Waals surface area contributed by atoms with Crippen molar-refractivity contribution in [2.75, 3.05) is 17.6 Å². The molecule has 4 N–H and O–H groups in total. The van der Waals surface area contributed by atoms with E-state index in [-0.39, 0.29) is 0 Å². The minimum atomic E-state index is 0.812. The highest BCUT2D eigenvalue weighted by Crippen LogP contribution is 2.37. The van der Waals surface area contributed by atoms with E-state index in [1.807, 2.05) is 12.1 Å². The Labute approximate surface area is 123 Å². The van der Waals surface area contributed by atoms with Crippen molar-refractivity contribution in [3.05, 3.63) is 59.3 Å². The number of aromatic nitrogens is 1. The van der Waals surface area contributed by atoms with Gasteiger partial charge in [-0.15, -0.1) is 0 Å². The Morgan fingerprint density at radius 2 is 1.95 bits per heavy atom. The van der Waals surface area contributed by atoms with E-state index in [0.717, 1.165) is 17.9 Å². The van der Waals surface area contributed by atoms with E-state index in [1.165, 1.54) is 33.3 Å². The molecule has 3 heteroatoms. The first kappa shape index (κ1) is 12.1. The van der Waals surface area contributed by atoms with Crippen molar-refractivity contribution in [2.24, 2.45) is 0 Å². The lowest BCUT2D eigenvalue weighted by molar-refractivity contribution is 1.29. The molecule has 4 rings (SSSR count). The first-order valence-corrected chi connectivity index (χ1v) is 7.14. The topological polar surface area (TPSA) is 53.8 Å². The average Bonchev–Trinajstić information content (AvgIpc) is 3.03. The number of aromatic amines is 1. The Hall–Kier alpha value is -2.68. The van der Waals surface area contributed by atoms with Crippen molar-refractivity contribution >= 4 is 33.9 Å². The Kier molecular flexibility index (Phi) is 2.54. The molecule has 3 nitrogen and oxygen atoms in total. The quantitative estimate of drug-likeness (QED) is 0.587. The van der Waals surface area contributed by atoms with Crippen LogP contribution in [0.3, 0.4) is 0 Å².